The fourth-order valence-electron chi connectivity index (χ4n) is 3.67. The Morgan fingerprint density at radius 1 is 1.08 bits per heavy atom. The number of carbonyl (C=O) groups excluding carboxylic acids is 2. The highest BCUT2D eigenvalue weighted by Crippen LogP contribution is 2.23. The maximum Gasteiger partial charge on any atom is 0.336 e. The zero-order chi connectivity index (χ0) is 26.6. The number of aromatic hydroxyl groups is 1. The minimum atomic E-state index is -1.48. The van der Waals surface area contributed by atoms with E-state index in [9.17, 15) is 19.8 Å². The van der Waals surface area contributed by atoms with Crippen LogP contribution in [0.5, 0.6) is 5.88 Å². The Morgan fingerprint density at radius 2 is 1.84 bits per heavy atom. The van der Waals surface area contributed by atoms with Crippen LogP contribution in [0.1, 0.15) is 55.1 Å². The molecule has 1 atom stereocenters. The molecule has 0 aliphatic carbocycles. The number of hydrazine groups is 1. The van der Waals surface area contributed by atoms with Gasteiger partial charge in [-0.2, -0.15) is 0 Å². The highest BCUT2D eigenvalue weighted by molar-refractivity contribution is 6.30. The Bertz CT molecular complexity index is 1150. The monoisotopic (exact) mass is 529 g/mol. The molecule has 1 aromatic heterocycles. The second-order valence-electron chi connectivity index (χ2n) is 8.68. The number of rotatable bonds is 14. The van der Waals surface area contributed by atoms with Crippen LogP contribution in [-0.4, -0.2) is 51.5 Å². The Morgan fingerprint density at radius 3 is 2.51 bits per heavy atom. The third-order valence-corrected chi connectivity index (χ3v) is 5.86. The van der Waals surface area contributed by atoms with E-state index < -0.39 is 23.9 Å². The van der Waals surface area contributed by atoms with E-state index in [2.05, 4.69) is 17.5 Å². The van der Waals surface area contributed by atoms with Crippen LogP contribution in [0, 0.1) is 0 Å². The molecule has 3 aromatic rings. The first-order valence-corrected chi connectivity index (χ1v) is 12.6. The highest BCUT2D eigenvalue weighted by atomic mass is 35.5. The number of halogens is 1. The number of nitrogens with zero attached hydrogens (tertiary/aromatic N) is 2. The van der Waals surface area contributed by atoms with Gasteiger partial charge in [-0.3, -0.25) is 10.2 Å². The van der Waals surface area contributed by atoms with Gasteiger partial charge in [-0.05, 0) is 40.4 Å². The lowest BCUT2D eigenvalue weighted by molar-refractivity contribution is -0.155. The van der Waals surface area contributed by atoms with Crippen LogP contribution >= 0.6 is 11.6 Å². The number of aliphatic hydroxyl groups is 1. The summed E-state index contributed by atoms with van der Waals surface area (Å²) in [6.45, 7) is 2.30. The summed E-state index contributed by atoms with van der Waals surface area (Å²) in [7, 11) is 0. The molecule has 9 nitrogen and oxygen atoms in total. The van der Waals surface area contributed by atoms with Gasteiger partial charge in [-0.1, -0.05) is 80.6 Å². The highest BCUT2D eigenvalue weighted by Gasteiger charge is 2.24. The summed E-state index contributed by atoms with van der Waals surface area (Å²) in [5, 5.41) is 25.1. The van der Waals surface area contributed by atoms with Crippen LogP contribution in [0.4, 0.5) is 0 Å². The largest absolute Gasteiger partial charge is 0.491 e. The number of hydrogen-bond acceptors (Lipinski definition) is 8. The van der Waals surface area contributed by atoms with E-state index in [0.717, 1.165) is 54.9 Å². The van der Waals surface area contributed by atoms with Crippen molar-refractivity contribution in [3.05, 3.63) is 70.9 Å². The molecule has 0 aliphatic heterocycles. The normalized spacial score (nSPS) is 11.9. The first-order valence-electron chi connectivity index (χ1n) is 12.3. The first kappa shape index (κ1) is 28.2. The van der Waals surface area contributed by atoms with Crippen LogP contribution < -0.4 is 5.43 Å². The molecule has 3 N–H and O–H groups in total. The molecule has 0 spiro atoms. The number of unbranched alkanes of at least 4 members (excludes halogenated alkanes) is 4. The molecular weight excluding hydrogens is 498 g/mol. The Hall–Kier alpha value is -3.40. The number of esters is 1. The topological polar surface area (TPSA) is 125 Å². The molecule has 1 amide bonds. The van der Waals surface area contributed by atoms with Gasteiger partial charge in [0.25, 0.3) is 5.88 Å². The smallest absolute Gasteiger partial charge is 0.336 e. The van der Waals surface area contributed by atoms with E-state index in [4.69, 9.17) is 20.9 Å². The van der Waals surface area contributed by atoms with Crippen molar-refractivity contribution in [2.75, 3.05) is 13.2 Å². The number of benzene rings is 2. The Labute approximate surface area is 220 Å². The standard InChI is InChI=1S/C27H32ClN3O6/c1-2-3-4-5-6-14-36-27(35)23(32)18-31(29-26(34)24-16-25(33)30-37-24)17-19-10-12-20(13-11-19)21-8-7-9-22(28)15-21/h7-13,15-16,23,32H,2-6,14,17-18H2,1H3,(H,29,34)(H,30,33)/t23-/m1/s1. The summed E-state index contributed by atoms with van der Waals surface area (Å²) >= 11 is 6.09. The van der Waals surface area contributed by atoms with Crippen molar-refractivity contribution < 1.29 is 29.1 Å². The molecule has 10 heteroatoms. The zero-order valence-corrected chi connectivity index (χ0v) is 21.5. The van der Waals surface area contributed by atoms with Crippen molar-refractivity contribution in [3.8, 4) is 17.0 Å². The van der Waals surface area contributed by atoms with Crippen LogP contribution in [0.3, 0.4) is 0 Å². The van der Waals surface area contributed by atoms with Gasteiger partial charge in [0.05, 0.1) is 19.2 Å². The lowest BCUT2D eigenvalue weighted by Gasteiger charge is -2.24. The van der Waals surface area contributed by atoms with Crippen LogP contribution in [0.25, 0.3) is 11.1 Å². The molecule has 0 bridgehead atoms. The molecule has 2 aromatic carbocycles. The zero-order valence-electron chi connectivity index (χ0n) is 20.7. The molecule has 0 unspecified atom stereocenters. The number of ether oxygens (including phenoxy) is 1. The van der Waals surface area contributed by atoms with Gasteiger partial charge in [0.1, 0.15) is 0 Å². The van der Waals surface area contributed by atoms with E-state index in [1.165, 1.54) is 5.01 Å². The number of amides is 1. The first-order chi connectivity index (χ1) is 17.9. The van der Waals surface area contributed by atoms with Gasteiger partial charge in [0.2, 0.25) is 5.76 Å². The van der Waals surface area contributed by atoms with Crippen LogP contribution in [-0.2, 0) is 16.1 Å². The summed E-state index contributed by atoms with van der Waals surface area (Å²) in [6.07, 6.45) is 3.53. The van der Waals surface area contributed by atoms with E-state index in [1.54, 1.807) is 6.07 Å². The molecule has 0 aliphatic rings. The predicted molar refractivity (Wildman–Crippen MR) is 139 cm³/mol. The summed E-state index contributed by atoms with van der Waals surface area (Å²) in [6, 6.07) is 16.1. The van der Waals surface area contributed by atoms with E-state index >= 15 is 0 Å². The number of carbonyl (C=O) groups is 2. The molecule has 0 saturated heterocycles. The van der Waals surface area contributed by atoms with Crippen molar-refractivity contribution in [2.45, 2.75) is 51.7 Å². The molecule has 0 fully saturated rings. The molecule has 37 heavy (non-hydrogen) atoms. The number of nitrogens with one attached hydrogen (secondary N) is 1. The maximum absolute atomic E-state index is 12.6. The fraction of sp³-hybridized carbons (Fsp3) is 0.370. The second-order valence-corrected chi connectivity index (χ2v) is 9.11. The van der Waals surface area contributed by atoms with Gasteiger partial charge in [-0.15, -0.1) is 0 Å². The van der Waals surface area contributed by atoms with Crippen molar-refractivity contribution in [1.29, 1.82) is 0 Å². The third-order valence-electron chi connectivity index (χ3n) is 5.62. The lowest BCUT2D eigenvalue weighted by atomic mass is 10.0. The van der Waals surface area contributed by atoms with Gasteiger partial charge >= 0.3 is 11.9 Å². The molecule has 1 heterocycles. The van der Waals surface area contributed by atoms with E-state index in [-0.39, 0.29) is 25.5 Å². The second kappa shape index (κ2) is 14.4. The average molecular weight is 530 g/mol. The molecular formula is C27H32ClN3O6. The van der Waals surface area contributed by atoms with Crippen molar-refractivity contribution in [2.24, 2.45) is 0 Å². The van der Waals surface area contributed by atoms with Gasteiger partial charge in [-0.25, -0.2) is 9.80 Å². The summed E-state index contributed by atoms with van der Waals surface area (Å²) in [4.78, 5) is 24.9. The maximum atomic E-state index is 12.6. The van der Waals surface area contributed by atoms with Crippen molar-refractivity contribution in [3.63, 3.8) is 0 Å². The minimum absolute atomic E-state index is 0.170. The molecule has 3 rings (SSSR count). The minimum Gasteiger partial charge on any atom is -0.491 e. The lowest BCUT2D eigenvalue weighted by Crippen LogP contribution is -2.47. The third kappa shape index (κ3) is 9.20. The van der Waals surface area contributed by atoms with Crippen LogP contribution in [0.15, 0.2) is 59.1 Å². The number of aromatic nitrogens is 1. The molecule has 198 valence electrons. The summed E-state index contributed by atoms with van der Waals surface area (Å²) in [5.74, 6) is -2.11. The van der Waals surface area contributed by atoms with Crippen LogP contribution in [0.2, 0.25) is 5.02 Å². The van der Waals surface area contributed by atoms with Crippen molar-refractivity contribution in [1.82, 2.24) is 15.6 Å². The predicted octanol–water partition coefficient (Wildman–Crippen LogP) is 4.72. The average Bonchev–Trinajstić information content (AvgIpc) is 3.32. The van der Waals surface area contributed by atoms with Gasteiger partial charge < -0.3 is 19.5 Å². The SMILES string of the molecule is CCCCCCCOC(=O)[C@H](O)CN(Cc1ccc(-c2cccc(Cl)c2)cc1)NC(=O)c1cc(O)no1. The number of aliphatic hydroxyl groups excluding tert-OH is 1. The van der Waals surface area contributed by atoms with E-state index in [0.29, 0.717) is 5.02 Å². The Kier molecular flexibility index (Phi) is 10.9. The molecule has 0 radical (unpaired) electrons. The fourth-order valence-corrected chi connectivity index (χ4v) is 3.86. The number of hydrogen-bond donors (Lipinski definition) is 3. The Balaban J connectivity index is 1.64. The van der Waals surface area contributed by atoms with E-state index in [1.807, 2.05) is 42.5 Å². The van der Waals surface area contributed by atoms with Gasteiger partial charge in [0.15, 0.2) is 6.10 Å². The summed E-state index contributed by atoms with van der Waals surface area (Å²) < 4.78 is 10.00. The van der Waals surface area contributed by atoms with Gasteiger partial charge in [0, 0.05) is 11.6 Å². The summed E-state index contributed by atoms with van der Waals surface area (Å²) in [5.41, 5.74) is 5.32. The molecule has 0 saturated carbocycles. The van der Waals surface area contributed by atoms with Crippen molar-refractivity contribution >= 4 is 23.5 Å². The quantitative estimate of drug-likeness (QED) is 0.155.